The van der Waals surface area contributed by atoms with E-state index in [1.54, 1.807) is 17.8 Å². The molecule has 60 valence electrons. The van der Waals surface area contributed by atoms with E-state index in [1.165, 1.54) is 0 Å². The molecule has 0 aliphatic rings. The van der Waals surface area contributed by atoms with Gasteiger partial charge < -0.3 is 0 Å². The van der Waals surface area contributed by atoms with Crippen LogP contribution in [0.5, 0.6) is 0 Å². The number of hydrogen-bond acceptors (Lipinski definition) is 2. The van der Waals surface area contributed by atoms with Gasteiger partial charge in [-0.3, -0.25) is 4.55 Å². The van der Waals surface area contributed by atoms with Gasteiger partial charge in [0.1, 0.15) is 0 Å². The van der Waals surface area contributed by atoms with Gasteiger partial charge in [-0.2, -0.15) is 11.8 Å². The minimum absolute atomic E-state index is 0.205. The molecule has 0 aromatic heterocycles. The molecule has 5 heteroatoms. The number of hydrogen-bond donors (Lipinski definition) is 2. The zero-order valence-electron chi connectivity index (χ0n) is 5.74. The predicted molar refractivity (Wildman–Crippen MR) is 46.3 cm³/mol. The molecule has 0 spiro atoms. The smallest absolute Gasteiger partial charge is 0.231 e. The van der Waals surface area contributed by atoms with Crippen molar-refractivity contribution in [3.8, 4) is 0 Å². The summed E-state index contributed by atoms with van der Waals surface area (Å²) in [6.07, 6.45) is 3.67. The molecule has 0 aromatic carbocycles. The summed E-state index contributed by atoms with van der Waals surface area (Å²) >= 11 is -0.315. The highest BCUT2D eigenvalue weighted by Crippen LogP contribution is 2.04. The van der Waals surface area contributed by atoms with Crippen molar-refractivity contribution in [1.29, 1.82) is 0 Å². The Morgan fingerprint density at radius 2 is 2.60 bits per heavy atom. The summed E-state index contributed by atoms with van der Waals surface area (Å²) in [6, 6.07) is 0. The van der Waals surface area contributed by atoms with Gasteiger partial charge in [0.05, 0.1) is 0 Å². The van der Waals surface area contributed by atoms with Gasteiger partial charge in [0.25, 0.3) is 0 Å². The Labute approximate surface area is 67.7 Å². The Morgan fingerprint density at radius 3 is 2.90 bits per heavy atom. The molecule has 0 aliphatic carbocycles. The molecule has 3 nitrogen and oxygen atoms in total. The quantitative estimate of drug-likeness (QED) is 0.483. The van der Waals surface area contributed by atoms with Crippen molar-refractivity contribution in [1.82, 2.24) is 4.72 Å². The molecule has 0 aromatic rings. The van der Waals surface area contributed by atoms with Crippen molar-refractivity contribution in [2.75, 3.05) is 12.8 Å². The second-order valence-corrected chi connectivity index (χ2v) is 3.47. The van der Waals surface area contributed by atoms with Crippen LogP contribution in [0.15, 0.2) is 12.7 Å². The fourth-order valence-corrected chi connectivity index (χ4v) is 1.29. The molecule has 10 heavy (non-hydrogen) atoms. The second-order valence-electron chi connectivity index (χ2n) is 1.61. The van der Waals surface area contributed by atoms with Crippen molar-refractivity contribution >= 4 is 23.0 Å². The summed E-state index contributed by atoms with van der Waals surface area (Å²) in [7, 11) is 0. The number of rotatable bonds is 5. The van der Waals surface area contributed by atoms with Crippen molar-refractivity contribution < 1.29 is 8.76 Å². The largest absolute Gasteiger partial charge is 0.294 e. The first-order valence-corrected chi connectivity index (χ1v) is 5.10. The Hall–Kier alpha value is 0.160. The normalized spacial score (nSPS) is 16.2. The zero-order valence-corrected chi connectivity index (χ0v) is 7.37. The maximum Gasteiger partial charge on any atom is 0.231 e. The molecule has 0 saturated carbocycles. The Kier molecular flexibility index (Phi) is 6.00. The Morgan fingerprint density at radius 1 is 2.00 bits per heavy atom. The van der Waals surface area contributed by atoms with Gasteiger partial charge in [0.15, 0.2) is 0 Å². The number of thioether (sulfide) groups is 1. The monoisotopic (exact) mass is 181 g/mol. The van der Waals surface area contributed by atoms with Crippen molar-refractivity contribution in [2.24, 2.45) is 0 Å². The van der Waals surface area contributed by atoms with Crippen LogP contribution in [0.3, 0.4) is 0 Å². The topological polar surface area (TPSA) is 49.3 Å². The molecule has 2 unspecified atom stereocenters. The molecule has 0 saturated heterocycles. The molecule has 0 heterocycles. The van der Waals surface area contributed by atoms with E-state index >= 15 is 0 Å². The second kappa shape index (κ2) is 5.91. The van der Waals surface area contributed by atoms with Gasteiger partial charge in [-0.05, 0) is 6.26 Å². The van der Waals surface area contributed by atoms with Crippen LogP contribution in [0.2, 0.25) is 0 Å². The fourth-order valence-electron chi connectivity index (χ4n) is 0.416. The summed E-state index contributed by atoms with van der Waals surface area (Å²) in [5, 5.41) is 0.205. The average Bonchev–Trinajstić information content (AvgIpc) is 1.90. The molecule has 0 rings (SSSR count). The van der Waals surface area contributed by atoms with Gasteiger partial charge in [0, 0.05) is 11.8 Å². The van der Waals surface area contributed by atoms with E-state index in [0.29, 0.717) is 6.54 Å². The lowest BCUT2D eigenvalue weighted by molar-refractivity contribution is 0.550. The highest BCUT2D eigenvalue weighted by Gasteiger charge is 2.01. The lowest BCUT2D eigenvalue weighted by Gasteiger charge is -2.06. The highest BCUT2D eigenvalue weighted by atomic mass is 32.2. The first-order valence-electron chi connectivity index (χ1n) is 2.70. The van der Waals surface area contributed by atoms with Crippen LogP contribution in [0.4, 0.5) is 0 Å². The van der Waals surface area contributed by atoms with Crippen LogP contribution in [-0.2, 0) is 11.3 Å². The third-order valence-corrected chi connectivity index (χ3v) is 2.35. The lowest BCUT2D eigenvalue weighted by atomic mass is 10.4. The summed E-state index contributed by atoms with van der Waals surface area (Å²) < 4.78 is 20.8. The maximum absolute atomic E-state index is 10.1. The molecule has 0 radical (unpaired) electrons. The first kappa shape index (κ1) is 10.2. The Bertz CT molecular complexity index is 129. The molecule has 0 bridgehead atoms. The summed E-state index contributed by atoms with van der Waals surface area (Å²) in [4.78, 5) is 0. The van der Waals surface area contributed by atoms with E-state index in [9.17, 15) is 4.21 Å². The van der Waals surface area contributed by atoms with Crippen LogP contribution >= 0.6 is 11.8 Å². The van der Waals surface area contributed by atoms with E-state index in [2.05, 4.69) is 11.3 Å². The molecule has 0 amide bonds. The minimum atomic E-state index is -1.90. The summed E-state index contributed by atoms with van der Waals surface area (Å²) in [5.74, 6) is 0. The van der Waals surface area contributed by atoms with Gasteiger partial charge in [-0.1, -0.05) is 6.08 Å². The molecule has 0 fully saturated rings. The fraction of sp³-hybridized carbons (Fsp3) is 0.600. The SMILES string of the molecule is C=CC(CNS(=O)O)SC. The van der Waals surface area contributed by atoms with Gasteiger partial charge in [-0.25, -0.2) is 8.93 Å². The van der Waals surface area contributed by atoms with E-state index in [0.717, 1.165) is 0 Å². The van der Waals surface area contributed by atoms with Gasteiger partial charge in [-0.15, -0.1) is 6.58 Å². The zero-order chi connectivity index (χ0) is 7.98. The van der Waals surface area contributed by atoms with Crippen LogP contribution in [-0.4, -0.2) is 26.8 Å². The average molecular weight is 181 g/mol. The van der Waals surface area contributed by atoms with Crippen LogP contribution < -0.4 is 4.72 Å². The lowest BCUT2D eigenvalue weighted by Crippen LogP contribution is -2.24. The van der Waals surface area contributed by atoms with Crippen molar-refractivity contribution in [2.45, 2.75) is 5.25 Å². The van der Waals surface area contributed by atoms with E-state index < -0.39 is 11.3 Å². The first-order chi connectivity index (χ1) is 4.70. The molecular formula is C5H11NO2S2. The van der Waals surface area contributed by atoms with Crippen LogP contribution in [0.25, 0.3) is 0 Å². The predicted octanol–water partition coefficient (Wildman–Crippen LogP) is 0.630. The Balaban J connectivity index is 3.44. The van der Waals surface area contributed by atoms with Crippen molar-refractivity contribution in [3.05, 3.63) is 12.7 Å². The van der Waals surface area contributed by atoms with Gasteiger partial charge in [0.2, 0.25) is 11.3 Å². The van der Waals surface area contributed by atoms with E-state index in [1.807, 2.05) is 6.26 Å². The van der Waals surface area contributed by atoms with E-state index in [4.69, 9.17) is 4.55 Å². The van der Waals surface area contributed by atoms with Crippen LogP contribution in [0, 0.1) is 0 Å². The molecule has 2 N–H and O–H groups in total. The molecule has 2 atom stereocenters. The molecular weight excluding hydrogens is 170 g/mol. The minimum Gasteiger partial charge on any atom is -0.294 e. The third kappa shape index (κ3) is 4.99. The van der Waals surface area contributed by atoms with Gasteiger partial charge >= 0.3 is 0 Å². The molecule has 0 aliphatic heterocycles. The highest BCUT2D eigenvalue weighted by molar-refractivity contribution is 7.99. The maximum atomic E-state index is 10.1. The van der Waals surface area contributed by atoms with Crippen molar-refractivity contribution in [3.63, 3.8) is 0 Å². The number of nitrogens with one attached hydrogen (secondary N) is 1. The summed E-state index contributed by atoms with van der Waals surface area (Å²) in [5.41, 5.74) is 0. The summed E-state index contributed by atoms with van der Waals surface area (Å²) in [6.45, 7) is 4.05. The third-order valence-electron chi connectivity index (χ3n) is 0.974. The van der Waals surface area contributed by atoms with Crippen LogP contribution in [0.1, 0.15) is 0 Å². The van der Waals surface area contributed by atoms with E-state index in [-0.39, 0.29) is 5.25 Å². The standard InChI is InChI=1S/C5H11NO2S2/c1-3-5(9-2)4-6-10(7)8/h3,5-6H,1,4H2,2H3,(H,7,8).